The number of hydrogen-bond acceptors (Lipinski definition) is 2. The molecule has 0 aliphatic rings. The van der Waals surface area contributed by atoms with Crippen LogP contribution in [-0.2, 0) is 16.0 Å². The third-order valence-electron chi connectivity index (χ3n) is 2.57. The molecule has 0 N–H and O–H groups in total. The van der Waals surface area contributed by atoms with E-state index in [1.165, 1.54) is 19.1 Å². The van der Waals surface area contributed by atoms with Gasteiger partial charge in [-0.15, -0.1) is 0 Å². The summed E-state index contributed by atoms with van der Waals surface area (Å²) >= 11 is 0. The average molecular weight is 242 g/mol. The lowest BCUT2D eigenvalue weighted by atomic mass is 10.00. The van der Waals surface area contributed by atoms with Crippen molar-refractivity contribution >= 4 is 5.97 Å². The fourth-order valence-corrected chi connectivity index (χ4v) is 1.54. The minimum Gasteiger partial charge on any atom is -0.466 e. The van der Waals surface area contributed by atoms with Gasteiger partial charge in [0.2, 0.25) is 0 Å². The number of esters is 1. The number of benzene rings is 1. The topological polar surface area (TPSA) is 26.3 Å². The summed E-state index contributed by atoms with van der Waals surface area (Å²) in [7, 11) is 0. The Hall–Kier alpha value is -1.45. The Bertz CT molecular complexity index is 393. The monoisotopic (exact) mass is 242 g/mol. The highest BCUT2D eigenvalue weighted by Crippen LogP contribution is 2.17. The second kappa shape index (κ2) is 5.75. The van der Waals surface area contributed by atoms with Crippen LogP contribution in [0.5, 0.6) is 0 Å². The Morgan fingerprint density at radius 2 is 1.88 bits per heavy atom. The van der Waals surface area contributed by atoms with Crippen LogP contribution in [0.3, 0.4) is 0 Å². The SMILES string of the molecule is CCOC(=O)C(C)Cc1cc(F)c(C)c(F)c1. The van der Waals surface area contributed by atoms with Gasteiger partial charge < -0.3 is 4.74 Å². The van der Waals surface area contributed by atoms with Crippen LogP contribution in [-0.4, -0.2) is 12.6 Å². The first-order valence-corrected chi connectivity index (χ1v) is 5.56. The average Bonchev–Trinajstić information content (AvgIpc) is 2.26. The Labute approximate surface area is 99.6 Å². The predicted octanol–water partition coefficient (Wildman–Crippen LogP) is 3.01. The lowest BCUT2D eigenvalue weighted by Gasteiger charge is -2.11. The molecule has 2 nitrogen and oxygen atoms in total. The van der Waals surface area contributed by atoms with Gasteiger partial charge in [-0.2, -0.15) is 0 Å². The van der Waals surface area contributed by atoms with E-state index in [-0.39, 0.29) is 18.0 Å². The molecule has 1 unspecified atom stereocenters. The molecule has 0 spiro atoms. The van der Waals surface area contributed by atoms with Crippen LogP contribution in [0.2, 0.25) is 0 Å². The van der Waals surface area contributed by atoms with E-state index >= 15 is 0 Å². The molecule has 1 aromatic carbocycles. The molecule has 4 heteroatoms. The number of rotatable bonds is 4. The second-order valence-corrected chi connectivity index (χ2v) is 4.04. The number of ether oxygens (including phenoxy) is 1. The van der Waals surface area contributed by atoms with Crippen LogP contribution in [0.25, 0.3) is 0 Å². The third kappa shape index (κ3) is 3.51. The summed E-state index contributed by atoms with van der Waals surface area (Å²) in [5.74, 6) is -1.93. The van der Waals surface area contributed by atoms with Gasteiger partial charge in [0.1, 0.15) is 11.6 Å². The lowest BCUT2D eigenvalue weighted by molar-refractivity contribution is -0.147. The van der Waals surface area contributed by atoms with Crippen molar-refractivity contribution < 1.29 is 18.3 Å². The Balaban J connectivity index is 2.78. The van der Waals surface area contributed by atoms with Crippen molar-refractivity contribution in [1.29, 1.82) is 0 Å². The van der Waals surface area contributed by atoms with Crippen LogP contribution in [0.4, 0.5) is 8.78 Å². The summed E-state index contributed by atoms with van der Waals surface area (Å²) in [6.07, 6.45) is 0.271. The number of carbonyl (C=O) groups is 1. The smallest absolute Gasteiger partial charge is 0.308 e. The highest BCUT2D eigenvalue weighted by molar-refractivity contribution is 5.72. The first kappa shape index (κ1) is 13.6. The van der Waals surface area contributed by atoms with Gasteiger partial charge in [-0.1, -0.05) is 6.92 Å². The van der Waals surface area contributed by atoms with E-state index in [4.69, 9.17) is 4.74 Å². The minimum absolute atomic E-state index is 0.00228. The molecule has 0 saturated carbocycles. The zero-order valence-corrected chi connectivity index (χ0v) is 10.2. The van der Waals surface area contributed by atoms with E-state index in [1.54, 1.807) is 13.8 Å². The normalized spacial score (nSPS) is 12.3. The maximum absolute atomic E-state index is 13.3. The van der Waals surface area contributed by atoms with Crippen LogP contribution in [0.15, 0.2) is 12.1 Å². The van der Waals surface area contributed by atoms with E-state index in [0.717, 1.165) is 0 Å². The molecule has 94 valence electrons. The largest absolute Gasteiger partial charge is 0.466 e. The molecular formula is C13H16F2O2. The van der Waals surface area contributed by atoms with Gasteiger partial charge in [-0.3, -0.25) is 4.79 Å². The first-order chi connectivity index (χ1) is 7.95. The number of carbonyl (C=O) groups excluding carboxylic acids is 1. The molecule has 17 heavy (non-hydrogen) atoms. The highest BCUT2D eigenvalue weighted by atomic mass is 19.1. The summed E-state index contributed by atoms with van der Waals surface area (Å²) < 4.78 is 31.4. The molecule has 0 fully saturated rings. The fourth-order valence-electron chi connectivity index (χ4n) is 1.54. The van der Waals surface area contributed by atoms with Gasteiger partial charge in [-0.25, -0.2) is 8.78 Å². The zero-order valence-electron chi connectivity index (χ0n) is 10.2. The number of hydrogen-bond donors (Lipinski definition) is 0. The maximum Gasteiger partial charge on any atom is 0.308 e. The van der Waals surface area contributed by atoms with Crippen LogP contribution in [0.1, 0.15) is 25.0 Å². The third-order valence-corrected chi connectivity index (χ3v) is 2.57. The summed E-state index contributed by atoms with van der Waals surface area (Å²) in [6.45, 7) is 5.08. The van der Waals surface area contributed by atoms with Crippen molar-refractivity contribution in [3.05, 3.63) is 34.9 Å². The Morgan fingerprint density at radius 3 is 2.35 bits per heavy atom. The van der Waals surface area contributed by atoms with Gasteiger partial charge >= 0.3 is 5.97 Å². The molecule has 0 bridgehead atoms. The molecule has 1 aromatic rings. The Kier molecular flexibility index (Phi) is 4.61. The second-order valence-electron chi connectivity index (χ2n) is 4.04. The van der Waals surface area contributed by atoms with E-state index in [2.05, 4.69) is 0 Å². The fraction of sp³-hybridized carbons (Fsp3) is 0.462. The number of halogens is 2. The maximum atomic E-state index is 13.3. The van der Waals surface area contributed by atoms with Gasteiger partial charge in [0.05, 0.1) is 12.5 Å². The van der Waals surface area contributed by atoms with Crippen molar-refractivity contribution in [2.75, 3.05) is 6.61 Å². The molecule has 0 aromatic heterocycles. The van der Waals surface area contributed by atoms with Crippen molar-refractivity contribution in [1.82, 2.24) is 0 Å². The summed E-state index contributed by atoms with van der Waals surface area (Å²) in [5.41, 5.74) is 0.462. The molecule has 0 aliphatic heterocycles. The van der Waals surface area contributed by atoms with E-state index < -0.39 is 17.6 Å². The van der Waals surface area contributed by atoms with Crippen molar-refractivity contribution in [2.45, 2.75) is 27.2 Å². The molecule has 0 radical (unpaired) electrons. The van der Waals surface area contributed by atoms with E-state index in [1.807, 2.05) is 0 Å². The molecule has 0 aliphatic carbocycles. The molecular weight excluding hydrogens is 226 g/mol. The zero-order chi connectivity index (χ0) is 13.0. The Morgan fingerprint density at radius 1 is 1.35 bits per heavy atom. The quantitative estimate of drug-likeness (QED) is 0.759. The standard InChI is InChI=1S/C13H16F2O2/c1-4-17-13(16)8(2)5-10-6-11(14)9(3)12(15)7-10/h6-8H,4-5H2,1-3H3. The summed E-state index contributed by atoms with van der Waals surface area (Å²) in [4.78, 5) is 11.4. The van der Waals surface area contributed by atoms with Gasteiger partial charge in [-0.05, 0) is 38.0 Å². The molecule has 1 atom stereocenters. The van der Waals surface area contributed by atoms with Crippen molar-refractivity contribution in [3.8, 4) is 0 Å². The first-order valence-electron chi connectivity index (χ1n) is 5.56. The van der Waals surface area contributed by atoms with Gasteiger partial charge in [0, 0.05) is 5.56 Å². The van der Waals surface area contributed by atoms with E-state index in [9.17, 15) is 13.6 Å². The van der Waals surface area contributed by atoms with Crippen LogP contribution >= 0.6 is 0 Å². The summed E-state index contributed by atoms with van der Waals surface area (Å²) in [5, 5.41) is 0. The minimum atomic E-state index is -0.587. The molecule has 0 amide bonds. The molecule has 0 heterocycles. The van der Waals surface area contributed by atoms with E-state index in [0.29, 0.717) is 12.2 Å². The lowest BCUT2D eigenvalue weighted by Crippen LogP contribution is -2.17. The highest BCUT2D eigenvalue weighted by Gasteiger charge is 2.16. The van der Waals surface area contributed by atoms with Crippen LogP contribution in [0, 0.1) is 24.5 Å². The van der Waals surface area contributed by atoms with Crippen molar-refractivity contribution in [3.63, 3.8) is 0 Å². The van der Waals surface area contributed by atoms with Crippen LogP contribution < -0.4 is 0 Å². The van der Waals surface area contributed by atoms with Crippen molar-refractivity contribution in [2.24, 2.45) is 5.92 Å². The molecule has 1 rings (SSSR count). The molecule has 0 saturated heterocycles. The van der Waals surface area contributed by atoms with Gasteiger partial charge in [0.15, 0.2) is 0 Å². The summed E-state index contributed by atoms with van der Waals surface area (Å²) in [6, 6.07) is 2.52. The predicted molar refractivity (Wildman–Crippen MR) is 60.6 cm³/mol. The van der Waals surface area contributed by atoms with Gasteiger partial charge in [0.25, 0.3) is 0 Å².